The third kappa shape index (κ3) is 3.55. The molecule has 2 rings (SSSR count). The smallest absolute Gasteiger partial charge is 0.0898 e. The molecule has 102 valence electrons. The Morgan fingerprint density at radius 2 is 2.21 bits per heavy atom. The molecule has 0 unspecified atom stereocenters. The van der Waals surface area contributed by atoms with Crippen LogP contribution in [0, 0.1) is 6.92 Å². The summed E-state index contributed by atoms with van der Waals surface area (Å²) in [6.07, 6.45) is -0.463. The van der Waals surface area contributed by atoms with Gasteiger partial charge in [0.1, 0.15) is 0 Å². The molecular formula is C14H17BrN2OS. The van der Waals surface area contributed by atoms with Gasteiger partial charge in [0.15, 0.2) is 0 Å². The van der Waals surface area contributed by atoms with Crippen molar-refractivity contribution in [3.63, 3.8) is 0 Å². The molecule has 5 heteroatoms. The van der Waals surface area contributed by atoms with Crippen LogP contribution in [0.15, 0.2) is 28.1 Å². The summed E-state index contributed by atoms with van der Waals surface area (Å²) >= 11 is 5.18. The van der Waals surface area contributed by atoms with Crippen LogP contribution < -0.4 is 4.90 Å². The van der Waals surface area contributed by atoms with Gasteiger partial charge >= 0.3 is 0 Å². The highest BCUT2D eigenvalue weighted by Gasteiger charge is 2.10. The summed E-state index contributed by atoms with van der Waals surface area (Å²) in [4.78, 5) is 6.61. The van der Waals surface area contributed by atoms with Crippen molar-refractivity contribution in [2.24, 2.45) is 0 Å². The first-order chi connectivity index (χ1) is 8.97. The van der Waals surface area contributed by atoms with E-state index in [0.29, 0.717) is 0 Å². The quantitative estimate of drug-likeness (QED) is 0.916. The molecule has 1 atom stereocenters. The van der Waals surface area contributed by atoms with Crippen molar-refractivity contribution in [1.82, 2.24) is 4.98 Å². The minimum atomic E-state index is -0.463. The monoisotopic (exact) mass is 340 g/mol. The van der Waals surface area contributed by atoms with E-state index >= 15 is 0 Å². The van der Waals surface area contributed by atoms with E-state index in [0.717, 1.165) is 33.0 Å². The van der Waals surface area contributed by atoms with Gasteiger partial charge in [-0.05, 0) is 31.5 Å². The van der Waals surface area contributed by atoms with Crippen LogP contribution in [0.1, 0.15) is 29.3 Å². The minimum absolute atomic E-state index is 0.463. The Kier molecular flexibility index (Phi) is 4.60. The molecule has 0 aliphatic carbocycles. The number of aliphatic hydroxyl groups is 1. The Balaban J connectivity index is 2.15. The number of hydrogen-bond acceptors (Lipinski definition) is 4. The van der Waals surface area contributed by atoms with Crippen LogP contribution >= 0.6 is 27.3 Å². The Hall–Kier alpha value is -0.910. The Bertz CT molecular complexity index is 568. The number of hydrogen-bond donors (Lipinski definition) is 1. The van der Waals surface area contributed by atoms with Crippen LogP contribution in [0.2, 0.25) is 0 Å². The SMILES string of the molecule is Cc1nc(CN(C)c2ccc([C@@H](C)O)c(Br)c2)cs1. The number of benzene rings is 1. The van der Waals surface area contributed by atoms with Gasteiger partial charge in [0, 0.05) is 22.6 Å². The van der Waals surface area contributed by atoms with Gasteiger partial charge in [-0.1, -0.05) is 22.0 Å². The summed E-state index contributed by atoms with van der Waals surface area (Å²) < 4.78 is 0.932. The standard InChI is InChI=1S/C14H17BrN2OS/c1-9(18)13-5-4-12(6-14(13)15)17(3)7-11-8-19-10(2)16-11/h4-6,8-9,18H,7H2,1-3H3/t9-/m1/s1. The van der Waals surface area contributed by atoms with E-state index < -0.39 is 6.10 Å². The first-order valence-electron chi connectivity index (χ1n) is 6.07. The van der Waals surface area contributed by atoms with Gasteiger partial charge in [0.2, 0.25) is 0 Å². The van der Waals surface area contributed by atoms with E-state index in [1.165, 1.54) is 0 Å². The minimum Gasteiger partial charge on any atom is -0.389 e. The first kappa shape index (κ1) is 14.5. The topological polar surface area (TPSA) is 36.4 Å². The first-order valence-corrected chi connectivity index (χ1v) is 7.74. The number of anilines is 1. The van der Waals surface area contributed by atoms with Gasteiger partial charge in [0.05, 0.1) is 23.4 Å². The van der Waals surface area contributed by atoms with Gasteiger partial charge in [-0.3, -0.25) is 0 Å². The van der Waals surface area contributed by atoms with Crippen molar-refractivity contribution >= 4 is 33.0 Å². The molecule has 3 nitrogen and oxygen atoms in total. The lowest BCUT2D eigenvalue weighted by Crippen LogP contribution is -2.16. The second kappa shape index (κ2) is 6.03. The van der Waals surface area contributed by atoms with Crippen LogP contribution in [-0.4, -0.2) is 17.1 Å². The number of aryl methyl sites for hydroxylation is 1. The van der Waals surface area contributed by atoms with Crippen molar-refractivity contribution in [1.29, 1.82) is 0 Å². The van der Waals surface area contributed by atoms with E-state index in [-0.39, 0.29) is 0 Å². The highest BCUT2D eigenvalue weighted by molar-refractivity contribution is 9.10. The zero-order valence-corrected chi connectivity index (χ0v) is 13.6. The zero-order chi connectivity index (χ0) is 14.0. The van der Waals surface area contributed by atoms with Crippen molar-refractivity contribution < 1.29 is 5.11 Å². The molecule has 0 aliphatic heterocycles. The van der Waals surface area contributed by atoms with E-state index in [9.17, 15) is 5.11 Å². The van der Waals surface area contributed by atoms with Crippen molar-refractivity contribution in [2.45, 2.75) is 26.5 Å². The molecule has 0 saturated carbocycles. The number of aliphatic hydroxyl groups excluding tert-OH is 1. The van der Waals surface area contributed by atoms with Crippen LogP contribution in [0.25, 0.3) is 0 Å². The van der Waals surface area contributed by atoms with Crippen LogP contribution in [0.5, 0.6) is 0 Å². The Labute approximate surface area is 126 Å². The van der Waals surface area contributed by atoms with E-state index in [1.54, 1.807) is 18.3 Å². The second-order valence-electron chi connectivity index (χ2n) is 4.60. The second-order valence-corrected chi connectivity index (χ2v) is 6.51. The fourth-order valence-corrected chi connectivity index (χ4v) is 3.21. The highest BCUT2D eigenvalue weighted by atomic mass is 79.9. The molecular weight excluding hydrogens is 324 g/mol. The summed E-state index contributed by atoms with van der Waals surface area (Å²) in [5, 5.41) is 12.8. The fourth-order valence-electron chi connectivity index (χ4n) is 1.91. The summed E-state index contributed by atoms with van der Waals surface area (Å²) in [5.74, 6) is 0. The number of halogens is 1. The lowest BCUT2D eigenvalue weighted by Gasteiger charge is -2.19. The molecule has 2 aromatic rings. The molecule has 0 bridgehead atoms. The Morgan fingerprint density at radius 1 is 1.47 bits per heavy atom. The maximum atomic E-state index is 9.62. The fraction of sp³-hybridized carbons (Fsp3) is 0.357. The predicted molar refractivity (Wildman–Crippen MR) is 83.7 cm³/mol. The van der Waals surface area contributed by atoms with Gasteiger partial charge in [-0.15, -0.1) is 11.3 Å². The number of rotatable bonds is 4. The van der Waals surface area contributed by atoms with Crippen molar-refractivity contribution in [2.75, 3.05) is 11.9 Å². The largest absolute Gasteiger partial charge is 0.389 e. The molecule has 0 aliphatic rings. The van der Waals surface area contributed by atoms with E-state index in [1.807, 2.05) is 32.2 Å². The molecule has 1 N–H and O–H groups in total. The van der Waals surface area contributed by atoms with Crippen molar-refractivity contribution in [3.8, 4) is 0 Å². The molecule has 1 aromatic heterocycles. The maximum absolute atomic E-state index is 9.62. The molecule has 1 aromatic carbocycles. The third-order valence-electron chi connectivity index (χ3n) is 2.94. The number of nitrogens with zero attached hydrogens (tertiary/aromatic N) is 2. The van der Waals surface area contributed by atoms with E-state index in [4.69, 9.17) is 0 Å². The number of aromatic nitrogens is 1. The van der Waals surface area contributed by atoms with Crippen LogP contribution in [0.4, 0.5) is 5.69 Å². The van der Waals surface area contributed by atoms with Gasteiger partial charge in [0.25, 0.3) is 0 Å². The average Bonchev–Trinajstić information content (AvgIpc) is 2.74. The summed E-state index contributed by atoms with van der Waals surface area (Å²) in [6.45, 7) is 4.56. The molecule has 0 fully saturated rings. The van der Waals surface area contributed by atoms with Gasteiger partial charge in [-0.25, -0.2) is 4.98 Å². The lowest BCUT2D eigenvalue weighted by molar-refractivity contribution is 0.198. The summed E-state index contributed by atoms with van der Waals surface area (Å²) in [7, 11) is 2.04. The highest BCUT2D eigenvalue weighted by Crippen LogP contribution is 2.28. The third-order valence-corrected chi connectivity index (χ3v) is 4.45. The molecule has 19 heavy (non-hydrogen) atoms. The molecule has 0 saturated heterocycles. The average molecular weight is 341 g/mol. The van der Waals surface area contributed by atoms with Crippen molar-refractivity contribution in [3.05, 3.63) is 44.3 Å². The van der Waals surface area contributed by atoms with Gasteiger partial charge < -0.3 is 10.0 Å². The normalized spacial score (nSPS) is 12.5. The van der Waals surface area contributed by atoms with Gasteiger partial charge in [-0.2, -0.15) is 0 Å². The molecule has 0 amide bonds. The lowest BCUT2D eigenvalue weighted by atomic mass is 10.1. The zero-order valence-electron chi connectivity index (χ0n) is 11.2. The van der Waals surface area contributed by atoms with Crippen LogP contribution in [-0.2, 0) is 6.54 Å². The molecule has 0 radical (unpaired) electrons. The Morgan fingerprint density at radius 3 is 2.74 bits per heavy atom. The number of thiazole rings is 1. The molecule has 1 heterocycles. The van der Waals surface area contributed by atoms with Crippen LogP contribution in [0.3, 0.4) is 0 Å². The molecule has 0 spiro atoms. The maximum Gasteiger partial charge on any atom is 0.0898 e. The summed E-state index contributed by atoms with van der Waals surface area (Å²) in [6, 6.07) is 6.00. The predicted octanol–water partition coefficient (Wildman–Crippen LogP) is 3.90. The summed E-state index contributed by atoms with van der Waals surface area (Å²) in [5.41, 5.74) is 3.09. The van der Waals surface area contributed by atoms with E-state index in [2.05, 4.69) is 31.2 Å².